The van der Waals surface area contributed by atoms with Crippen molar-refractivity contribution in [2.75, 3.05) is 6.54 Å². The summed E-state index contributed by atoms with van der Waals surface area (Å²) in [4.78, 5) is 13.5. The summed E-state index contributed by atoms with van der Waals surface area (Å²) in [6, 6.07) is 8.57. The summed E-state index contributed by atoms with van der Waals surface area (Å²) in [7, 11) is 0. The molecule has 2 nitrogen and oxygen atoms in total. The maximum Gasteiger partial charge on any atom is 0.222 e. The minimum absolute atomic E-state index is 0.301. The van der Waals surface area contributed by atoms with Gasteiger partial charge in [-0.3, -0.25) is 4.79 Å². The molecule has 1 aromatic carbocycles. The van der Waals surface area contributed by atoms with Gasteiger partial charge in [-0.25, -0.2) is 0 Å². The lowest BCUT2D eigenvalue weighted by Gasteiger charge is -2.16. The van der Waals surface area contributed by atoms with E-state index in [-0.39, 0.29) is 0 Å². The molecule has 1 heterocycles. The molecule has 1 aliphatic rings. The molecule has 1 aliphatic heterocycles. The van der Waals surface area contributed by atoms with Gasteiger partial charge in [0.1, 0.15) is 0 Å². The van der Waals surface area contributed by atoms with E-state index in [9.17, 15) is 4.79 Å². The van der Waals surface area contributed by atoms with Crippen LogP contribution in [0.15, 0.2) is 24.3 Å². The van der Waals surface area contributed by atoms with Gasteiger partial charge in [-0.15, -0.1) is 0 Å². The number of likely N-dealkylation sites (tertiary alicyclic amines) is 1. The fourth-order valence-corrected chi connectivity index (χ4v) is 2.14. The number of carbonyl (C=O) groups is 1. The summed E-state index contributed by atoms with van der Waals surface area (Å²) in [5.74, 6) is 0.851. The number of carbonyl (C=O) groups excluding carboxylic acids is 1. The topological polar surface area (TPSA) is 20.3 Å². The highest BCUT2D eigenvalue weighted by atomic mass is 16.2. The number of nitrogens with zero attached hydrogens (tertiary/aromatic N) is 1. The van der Waals surface area contributed by atoms with Crippen LogP contribution in [0.3, 0.4) is 0 Å². The third kappa shape index (κ3) is 2.43. The van der Waals surface area contributed by atoms with E-state index in [1.807, 2.05) is 4.90 Å². The van der Waals surface area contributed by atoms with Gasteiger partial charge >= 0.3 is 0 Å². The number of hydrogen-bond donors (Lipinski definition) is 0. The van der Waals surface area contributed by atoms with Crippen LogP contribution in [0.2, 0.25) is 0 Å². The Morgan fingerprint density at radius 1 is 1.38 bits per heavy atom. The van der Waals surface area contributed by atoms with Gasteiger partial charge in [0.25, 0.3) is 0 Å². The molecule has 0 unspecified atom stereocenters. The molecule has 1 fully saturated rings. The third-order valence-corrected chi connectivity index (χ3v) is 3.16. The Balaban J connectivity index is 2.09. The van der Waals surface area contributed by atoms with E-state index in [0.29, 0.717) is 11.8 Å². The highest BCUT2D eigenvalue weighted by molar-refractivity contribution is 5.78. The zero-order valence-electron chi connectivity index (χ0n) is 10.1. The molecular weight excluding hydrogens is 198 g/mol. The maximum atomic E-state index is 11.5. The van der Waals surface area contributed by atoms with Crippen molar-refractivity contribution in [1.29, 1.82) is 0 Å². The first-order valence-electron chi connectivity index (χ1n) is 6.03. The molecule has 2 heteroatoms. The Labute approximate surface area is 97.3 Å². The average Bonchev–Trinajstić information content (AvgIpc) is 2.65. The highest BCUT2D eigenvalue weighted by Gasteiger charge is 2.19. The fourth-order valence-electron chi connectivity index (χ4n) is 2.14. The molecule has 0 aliphatic carbocycles. The van der Waals surface area contributed by atoms with E-state index in [2.05, 4.69) is 38.1 Å². The molecule has 0 saturated carbocycles. The molecule has 86 valence electrons. The van der Waals surface area contributed by atoms with Gasteiger partial charge in [0.2, 0.25) is 5.91 Å². The molecular formula is C14H19NO. The highest BCUT2D eigenvalue weighted by Crippen LogP contribution is 2.18. The van der Waals surface area contributed by atoms with Crippen molar-refractivity contribution in [3.05, 3.63) is 35.4 Å². The second kappa shape index (κ2) is 4.69. The predicted molar refractivity (Wildman–Crippen MR) is 65.2 cm³/mol. The second-order valence-corrected chi connectivity index (χ2v) is 4.82. The molecule has 0 spiro atoms. The summed E-state index contributed by atoms with van der Waals surface area (Å²) in [5, 5.41) is 0. The van der Waals surface area contributed by atoms with Crippen LogP contribution >= 0.6 is 0 Å². The Morgan fingerprint density at radius 3 is 2.81 bits per heavy atom. The van der Waals surface area contributed by atoms with Crippen LogP contribution in [0.25, 0.3) is 0 Å². The van der Waals surface area contributed by atoms with Crippen LogP contribution in [0, 0.1) is 0 Å². The zero-order chi connectivity index (χ0) is 11.5. The van der Waals surface area contributed by atoms with Gasteiger partial charge in [-0.2, -0.15) is 0 Å². The smallest absolute Gasteiger partial charge is 0.222 e. The molecule has 1 saturated heterocycles. The normalized spacial score (nSPS) is 16.2. The zero-order valence-corrected chi connectivity index (χ0v) is 10.1. The van der Waals surface area contributed by atoms with Gasteiger partial charge in [0.05, 0.1) is 0 Å². The van der Waals surface area contributed by atoms with Crippen molar-refractivity contribution >= 4 is 5.91 Å². The van der Waals surface area contributed by atoms with E-state index in [0.717, 1.165) is 25.9 Å². The monoisotopic (exact) mass is 217 g/mol. The van der Waals surface area contributed by atoms with Gasteiger partial charge in [0, 0.05) is 19.5 Å². The Bertz CT molecular complexity index is 384. The first-order valence-corrected chi connectivity index (χ1v) is 6.03. The van der Waals surface area contributed by atoms with Crippen molar-refractivity contribution in [2.45, 2.75) is 39.2 Å². The van der Waals surface area contributed by atoms with E-state index >= 15 is 0 Å². The lowest BCUT2D eigenvalue weighted by atomic mass is 10.0. The predicted octanol–water partition coefficient (Wildman–Crippen LogP) is 2.93. The molecule has 0 atom stereocenters. The Morgan fingerprint density at radius 2 is 2.19 bits per heavy atom. The van der Waals surface area contributed by atoms with Crippen molar-refractivity contribution in [3.8, 4) is 0 Å². The van der Waals surface area contributed by atoms with Gasteiger partial charge in [-0.1, -0.05) is 38.1 Å². The quantitative estimate of drug-likeness (QED) is 0.762. The van der Waals surface area contributed by atoms with Crippen LogP contribution in [-0.2, 0) is 11.3 Å². The third-order valence-electron chi connectivity index (χ3n) is 3.16. The van der Waals surface area contributed by atoms with Crippen molar-refractivity contribution in [2.24, 2.45) is 0 Å². The van der Waals surface area contributed by atoms with Gasteiger partial charge < -0.3 is 4.90 Å². The number of hydrogen-bond acceptors (Lipinski definition) is 1. The number of amides is 1. The molecule has 2 rings (SSSR count). The molecule has 1 amide bonds. The first-order chi connectivity index (χ1) is 7.66. The largest absolute Gasteiger partial charge is 0.338 e. The van der Waals surface area contributed by atoms with E-state index in [4.69, 9.17) is 0 Å². The van der Waals surface area contributed by atoms with Crippen molar-refractivity contribution in [3.63, 3.8) is 0 Å². The van der Waals surface area contributed by atoms with Crippen LogP contribution in [0.1, 0.15) is 43.7 Å². The maximum absolute atomic E-state index is 11.5. The van der Waals surface area contributed by atoms with E-state index in [1.54, 1.807) is 0 Å². The second-order valence-electron chi connectivity index (χ2n) is 4.82. The summed E-state index contributed by atoms with van der Waals surface area (Å²) < 4.78 is 0. The van der Waals surface area contributed by atoms with Crippen LogP contribution in [0.4, 0.5) is 0 Å². The van der Waals surface area contributed by atoms with Gasteiger partial charge in [-0.05, 0) is 23.5 Å². The standard InChI is InChI=1S/C14H19NO/c1-11(2)13-6-3-5-12(9-13)10-15-8-4-7-14(15)16/h3,5-6,9,11H,4,7-8,10H2,1-2H3. The van der Waals surface area contributed by atoms with Crippen molar-refractivity contribution < 1.29 is 4.79 Å². The number of benzene rings is 1. The lowest BCUT2D eigenvalue weighted by molar-refractivity contribution is -0.128. The van der Waals surface area contributed by atoms with E-state index < -0.39 is 0 Å². The molecule has 0 aromatic heterocycles. The van der Waals surface area contributed by atoms with E-state index in [1.165, 1.54) is 11.1 Å². The fraction of sp³-hybridized carbons (Fsp3) is 0.500. The van der Waals surface area contributed by atoms with Crippen LogP contribution in [0.5, 0.6) is 0 Å². The van der Waals surface area contributed by atoms with Crippen LogP contribution in [-0.4, -0.2) is 17.4 Å². The first kappa shape index (κ1) is 11.2. The Hall–Kier alpha value is -1.31. The molecule has 0 radical (unpaired) electrons. The van der Waals surface area contributed by atoms with Gasteiger partial charge in [0.15, 0.2) is 0 Å². The number of rotatable bonds is 3. The molecule has 0 bridgehead atoms. The molecule has 16 heavy (non-hydrogen) atoms. The average molecular weight is 217 g/mol. The summed E-state index contributed by atoms with van der Waals surface area (Å²) in [6.45, 7) is 6.09. The summed E-state index contributed by atoms with van der Waals surface area (Å²) >= 11 is 0. The Kier molecular flexibility index (Phi) is 3.28. The van der Waals surface area contributed by atoms with Crippen molar-refractivity contribution in [1.82, 2.24) is 4.90 Å². The SMILES string of the molecule is CC(C)c1cccc(CN2CCCC2=O)c1. The molecule has 0 N–H and O–H groups in total. The molecule has 1 aromatic rings. The van der Waals surface area contributed by atoms with Crippen LogP contribution < -0.4 is 0 Å². The summed E-state index contributed by atoms with van der Waals surface area (Å²) in [6.07, 6.45) is 1.74. The minimum Gasteiger partial charge on any atom is -0.338 e. The minimum atomic E-state index is 0.301. The summed E-state index contributed by atoms with van der Waals surface area (Å²) in [5.41, 5.74) is 2.60. The lowest BCUT2D eigenvalue weighted by Crippen LogP contribution is -2.23.